The second-order valence-corrected chi connectivity index (χ2v) is 4.87. The van der Waals surface area contributed by atoms with Crippen LogP contribution in [0.3, 0.4) is 0 Å². The van der Waals surface area contributed by atoms with Crippen molar-refractivity contribution in [2.45, 2.75) is 6.92 Å². The van der Waals surface area contributed by atoms with E-state index in [0.29, 0.717) is 0 Å². The summed E-state index contributed by atoms with van der Waals surface area (Å²) < 4.78 is 2.90. The summed E-state index contributed by atoms with van der Waals surface area (Å²) in [6.45, 7) is 2.05. The molecular weight excluding hydrogens is 278 g/mol. The van der Waals surface area contributed by atoms with Crippen molar-refractivity contribution in [2.75, 3.05) is 0 Å². The second kappa shape index (κ2) is 3.96. The molecule has 2 aromatic heterocycles. The zero-order chi connectivity index (χ0) is 11.8. The van der Waals surface area contributed by atoms with Crippen LogP contribution >= 0.6 is 15.9 Å². The van der Waals surface area contributed by atoms with Gasteiger partial charge >= 0.3 is 0 Å². The van der Waals surface area contributed by atoms with E-state index in [1.54, 1.807) is 6.20 Å². The molecule has 3 rings (SSSR count). The normalized spacial score (nSPS) is 10.9. The first kappa shape index (κ1) is 10.5. The Bertz CT molecular complexity index is 688. The maximum Gasteiger partial charge on any atom is 0.154 e. The Morgan fingerprint density at radius 3 is 2.88 bits per heavy atom. The molecule has 0 aliphatic heterocycles. The fraction of sp³-hybridized carbons (Fsp3) is 0.0769. The standard InChI is InChI=1S/C13H10BrN3/c1-9-4-5-15-13(6-9)17-12-7-11(14)3-2-10(12)8-16-17/h2-8H,1H3. The predicted molar refractivity (Wildman–Crippen MR) is 71.3 cm³/mol. The average Bonchev–Trinajstić information content (AvgIpc) is 2.71. The molecular formula is C13H10BrN3. The molecule has 0 unspecified atom stereocenters. The molecule has 3 aromatic rings. The van der Waals surface area contributed by atoms with Gasteiger partial charge in [0.1, 0.15) is 0 Å². The van der Waals surface area contributed by atoms with Gasteiger partial charge in [0.25, 0.3) is 0 Å². The number of aromatic nitrogens is 3. The Labute approximate surface area is 107 Å². The predicted octanol–water partition coefficient (Wildman–Crippen LogP) is 3.49. The third-order valence-electron chi connectivity index (χ3n) is 2.65. The van der Waals surface area contributed by atoms with Crippen LogP contribution in [0.4, 0.5) is 0 Å². The third kappa shape index (κ3) is 1.85. The molecule has 0 spiro atoms. The van der Waals surface area contributed by atoms with Gasteiger partial charge in [-0.3, -0.25) is 0 Å². The first-order valence-corrected chi connectivity index (χ1v) is 6.10. The van der Waals surface area contributed by atoms with Crippen LogP contribution in [-0.4, -0.2) is 14.8 Å². The maximum atomic E-state index is 4.38. The summed E-state index contributed by atoms with van der Waals surface area (Å²) in [5.41, 5.74) is 2.23. The molecule has 2 heterocycles. The molecule has 4 heteroatoms. The van der Waals surface area contributed by atoms with Crippen LogP contribution in [-0.2, 0) is 0 Å². The topological polar surface area (TPSA) is 30.7 Å². The van der Waals surface area contributed by atoms with Gasteiger partial charge in [0.2, 0.25) is 0 Å². The summed E-state index contributed by atoms with van der Waals surface area (Å²) in [7, 11) is 0. The van der Waals surface area contributed by atoms with Crippen molar-refractivity contribution in [1.82, 2.24) is 14.8 Å². The molecule has 0 saturated heterocycles. The van der Waals surface area contributed by atoms with E-state index in [0.717, 1.165) is 21.2 Å². The third-order valence-corrected chi connectivity index (χ3v) is 3.14. The fourth-order valence-corrected chi connectivity index (χ4v) is 2.16. The van der Waals surface area contributed by atoms with Gasteiger partial charge in [-0.05, 0) is 36.8 Å². The van der Waals surface area contributed by atoms with Crippen LogP contribution in [0.25, 0.3) is 16.7 Å². The number of pyridine rings is 1. The SMILES string of the molecule is Cc1ccnc(-n2ncc3ccc(Br)cc32)c1. The highest BCUT2D eigenvalue weighted by Gasteiger charge is 2.06. The zero-order valence-electron chi connectivity index (χ0n) is 9.26. The van der Waals surface area contributed by atoms with Crippen molar-refractivity contribution >= 4 is 26.8 Å². The number of rotatable bonds is 1. The first-order chi connectivity index (χ1) is 8.24. The molecule has 3 nitrogen and oxygen atoms in total. The summed E-state index contributed by atoms with van der Waals surface area (Å²) >= 11 is 3.48. The van der Waals surface area contributed by atoms with Crippen LogP contribution in [0.5, 0.6) is 0 Å². The van der Waals surface area contributed by atoms with E-state index in [2.05, 4.69) is 26.0 Å². The van der Waals surface area contributed by atoms with Gasteiger partial charge in [-0.1, -0.05) is 22.0 Å². The number of halogens is 1. The molecule has 0 atom stereocenters. The van der Waals surface area contributed by atoms with E-state index in [-0.39, 0.29) is 0 Å². The Balaban J connectivity index is 2.27. The lowest BCUT2D eigenvalue weighted by atomic mass is 10.2. The van der Waals surface area contributed by atoms with Gasteiger partial charge < -0.3 is 0 Å². The minimum atomic E-state index is 0.845. The highest BCUT2D eigenvalue weighted by Crippen LogP contribution is 2.21. The number of hydrogen-bond acceptors (Lipinski definition) is 2. The number of nitrogens with zero attached hydrogens (tertiary/aromatic N) is 3. The molecule has 0 aliphatic carbocycles. The zero-order valence-corrected chi connectivity index (χ0v) is 10.8. The minimum absolute atomic E-state index is 0.845. The smallest absolute Gasteiger partial charge is 0.154 e. The molecule has 84 valence electrons. The monoisotopic (exact) mass is 287 g/mol. The van der Waals surface area contributed by atoms with Gasteiger partial charge in [-0.2, -0.15) is 5.10 Å². The van der Waals surface area contributed by atoms with Gasteiger partial charge in [0, 0.05) is 16.1 Å². The van der Waals surface area contributed by atoms with Crippen LogP contribution in [0.15, 0.2) is 47.2 Å². The molecule has 0 N–H and O–H groups in total. The largest absolute Gasteiger partial charge is 0.237 e. The summed E-state index contributed by atoms with van der Waals surface area (Å²) in [4.78, 5) is 4.35. The molecule has 0 saturated carbocycles. The molecule has 0 radical (unpaired) electrons. The highest BCUT2D eigenvalue weighted by atomic mass is 79.9. The number of hydrogen-bond donors (Lipinski definition) is 0. The number of aryl methyl sites for hydroxylation is 1. The van der Waals surface area contributed by atoms with E-state index < -0.39 is 0 Å². The van der Waals surface area contributed by atoms with E-state index in [4.69, 9.17) is 0 Å². The lowest BCUT2D eigenvalue weighted by molar-refractivity contribution is 0.872. The highest BCUT2D eigenvalue weighted by molar-refractivity contribution is 9.10. The van der Waals surface area contributed by atoms with Gasteiger partial charge in [0.15, 0.2) is 5.82 Å². The van der Waals surface area contributed by atoms with Crippen molar-refractivity contribution in [3.05, 3.63) is 52.8 Å². The average molecular weight is 288 g/mol. The van der Waals surface area contributed by atoms with Gasteiger partial charge in [-0.15, -0.1) is 0 Å². The molecule has 17 heavy (non-hydrogen) atoms. The van der Waals surface area contributed by atoms with Crippen molar-refractivity contribution in [1.29, 1.82) is 0 Å². The fourth-order valence-electron chi connectivity index (χ4n) is 1.81. The van der Waals surface area contributed by atoms with E-state index >= 15 is 0 Å². The van der Waals surface area contributed by atoms with Crippen molar-refractivity contribution in [3.63, 3.8) is 0 Å². The first-order valence-electron chi connectivity index (χ1n) is 5.30. The van der Waals surface area contributed by atoms with Crippen LogP contribution in [0.1, 0.15) is 5.56 Å². The number of benzene rings is 1. The Kier molecular flexibility index (Phi) is 2.44. The molecule has 0 amide bonds. The van der Waals surface area contributed by atoms with Gasteiger partial charge in [-0.25, -0.2) is 9.67 Å². The summed E-state index contributed by atoms with van der Waals surface area (Å²) in [6, 6.07) is 10.1. The second-order valence-electron chi connectivity index (χ2n) is 3.95. The van der Waals surface area contributed by atoms with Crippen LogP contribution < -0.4 is 0 Å². The Morgan fingerprint density at radius 1 is 1.18 bits per heavy atom. The van der Waals surface area contributed by atoms with Gasteiger partial charge in [0.05, 0.1) is 11.7 Å². The molecule has 0 fully saturated rings. The molecule has 1 aromatic carbocycles. The van der Waals surface area contributed by atoms with E-state index in [1.165, 1.54) is 5.56 Å². The van der Waals surface area contributed by atoms with Crippen LogP contribution in [0, 0.1) is 6.92 Å². The molecule has 0 bridgehead atoms. The van der Waals surface area contributed by atoms with Crippen LogP contribution in [0.2, 0.25) is 0 Å². The van der Waals surface area contributed by atoms with E-state index in [9.17, 15) is 0 Å². The summed E-state index contributed by atoms with van der Waals surface area (Å²) in [5, 5.41) is 5.49. The molecule has 0 aliphatic rings. The minimum Gasteiger partial charge on any atom is -0.237 e. The Morgan fingerprint density at radius 2 is 2.06 bits per heavy atom. The van der Waals surface area contributed by atoms with E-state index in [1.807, 2.05) is 48.1 Å². The summed E-state index contributed by atoms with van der Waals surface area (Å²) in [5.74, 6) is 0.845. The van der Waals surface area contributed by atoms with Crippen molar-refractivity contribution < 1.29 is 0 Å². The Hall–Kier alpha value is -1.68. The van der Waals surface area contributed by atoms with Crippen molar-refractivity contribution in [2.24, 2.45) is 0 Å². The quantitative estimate of drug-likeness (QED) is 0.686. The number of fused-ring (bicyclic) bond motifs is 1. The van der Waals surface area contributed by atoms with Crippen molar-refractivity contribution in [3.8, 4) is 5.82 Å². The summed E-state index contributed by atoms with van der Waals surface area (Å²) in [6.07, 6.45) is 3.65. The lowest BCUT2D eigenvalue weighted by Crippen LogP contribution is -1.99. The maximum absolute atomic E-state index is 4.38. The lowest BCUT2D eigenvalue weighted by Gasteiger charge is -2.03.